The summed E-state index contributed by atoms with van der Waals surface area (Å²) in [6, 6.07) is 5.35. The normalized spacial score (nSPS) is 16.3. The van der Waals surface area contributed by atoms with Crippen molar-refractivity contribution >= 4 is 44.7 Å². The van der Waals surface area contributed by atoms with E-state index in [1.54, 1.807) is 29.5 Å². The number of fused-ring (bicyclic) bond motifs is 3. The largest absolute Gasteiger partial charge is 0.324 e. The molecule has 1 aliphatic carbocycles. The molecule has 3 aromatic rings. The molecule has 0 aliphatic heterocycles. The van der Waals surface area contributed by atoms with Gasteiger partial charge in [-0.3, -0.25) is 14.2 Å². The van der Waals surface area contributed by atoms with Crippen molar-refractivity contribution in [3.05, 3.63) is 55.9 Å². The predicted octanol–water partition coefficient (Wildman–Crippen LogP) is 4.18. The summed E-state index contributed by atoms with van der Waals surface area (Å²) in [7, 11) is 0. The van der Waals surface area contributed by atoms with Gasteiger partial charge in [-0.2, -0.15) is 0 Å². The Morgan fingerprint density at radius 3 is 3.07 bits per heavy atom. The quantitative estimate of drug-likeness (QED) is 0.715. The number of hydrogen-bond acceptors (Lipinski definition) is 4. The van der Waals surface area contributed by atoms with E-state index < -0.39 is 0 Å². The molecule has 1 N–H and O–H groups in total. The van der Waals surface area contributed by atoms with Crippen LogP contribution in [0.5, 0.6) is 0 Å². The van der Waals surface area contributed by atoms with Crippen LogP contribution in [0.3, 0.4) is 0 Å². The van der Waals surface area contributed by atoms with Crippen molar-refractivity contribution in [2.24, 2.45) is 5.92 Å². The fraction of sp³-hybridized carbons (Fsp3) is 0.350. The summed E-state index contributed by atoms with van der Waals surface area (Å²) in [4.78, 5) is 31.9. The van der Waals surface area contributed by atoms with Crippen molar-refractivity contribution in [1.82, 2.24) is 9.55 Å². The van der Waals surface area contributed by atoms with Crippen LogP contribution in [0.1, 0.15) is 29.3 Å². The van der Waals surface area contributed by atoms with E-state index in [4.69, 9.17) is 11.6 Å². The van der Waals surface area contributed by atoms with E-state index in [0.717, 1.165) is 35.2 Å². The van der Waals surface area contributed by atoms with Crippen molar-refractivity contribution in [1.29, 1.82) is 0 Å². The Labute approximate surface area is 166 Å². The first-order valence-electron chi connectivity index (χ1n) is 8.98. The molecule has 0 saturated heterocycles. The zero-order valence-electron chi connectivity index (χ0n) is 15.2. The molecule has 27 heavy (non-hydrogen) atoms. The smallest absolute Gasteiger partial charge is 0.262 e. The maximum Gasteiger partial charge on any atom is 0.262 e. The van der Waals surface area contributed by atoms with Gasteiger partial charge in [0.05, 0.1) is 11.7 Å². The van der Waals surface area contributed by atoms with E-state index in [0.29, 0.717) is 22.0 Å². The molecular formula is C20H20ClN3O2S. The van der Waals surface area contributed by atoms with Gasteiger partial charge in [0.25, 0.3) is 5.56 Å². The third-order valence-corrected chi connectivity index (χ3v) is 6.71. The summed E-state index contributed by atoms with van der Waals surface area (Å²) in [6.07, 6.45) is 4.47. The number of aryl methyl sites for hydroxylation is 1. The lowest BCUT2D eigenvalue weighted by atomic mass is 9.89. The van der Waals surface area contributed by atoms with Gasteiger partial charge in [0.15, 0.2) is 0 Å². The molecule has 140 valence electrons. The van der Waals surface area contributed by atoms with E-state index in [1.807, 2.05) is 6.92 Å². The van der Waals surface area contributed by atoms with Gasteiger partial charge in [-0.1, -0.05) is 24.6 Å². The third-order valence-electron chi connectivity index (χ3n) is 5.14. The summed E-state index contributed by atoms with van der Waals surface area (Å²) < 4.78 is 1.39. The molecule has 7 heteroatoms. The molecule has 0 fully saturated rings. The highest BCUT2D eigenvalue weighted by atomic mass is 35.5. The van der Waals surface area contributed by atoms with Gasteiger partial charge in [-0.25, -0.2) is 4.98 Å². The van der Waals surface area contributed by atoms with Gasteiger partial charge in [0.2, 0.25) is 5.91 Å². The lowest BCUT2D eigenvalue weighted by Crippen LogP contribution is -2.28. The van der Waals surface area contributed by atoms with Crippen LogP contribution in [0.25, 0.3) is 10.2 Å². The summed E-state index contributed by atoms with van der Waals surface area (Å²) in [5.41, 5.74) is 2.45. The standard InChI is InChI=1S/C20H20ClN3O2S/c1-11-6-7-13-16(8-11)27-19-18(13)20(26)24(10-22-19)9-17(25)23-15-5-3-4-14(21)12(15)2/h3-5,10-11H,6-9H2,1-2H3,(H,23,25)/t11-/m0/s1. The molecule has 1 aliphatic rings. The number of hydrogen-bond donors (Lipinski definition) is 1. The lowest BCUT2D eigenvalue weighted by Gasteiger charge is -2.17. The Bertz CT molecular complexity index is 1100. The number of halogens is 1. The summed E-state index contributed by atoms with van der Waals surface area (Å²) in [6.45, 7) is 4.01. The van der Waals surface area contributed by atoms with Crippen LogP contribution in [0.2, 0.25) is 5.02 Å². The first-order chi connectivity index (χ1) is 12.9. The van der Waals surface area contributed by atoms with E-state index in [9.17, 15) is 9.59 Å². The van der Waals surface area contributed by atoms with Crippen LogP contribution >= 0.6 is 22.9 Å². The lowest BCUT2D eigenvalue weighted by molar-refractivity contribution is -0.116. The fourth-order valence-electron chi connectivity index (χ4n) is 3.57. The van der Waals surface area contributed by atoms with E-state index in [1.165, 1.54) is 15.8 Å². The number of carbonyl (C=O) groups excluding carboxylic acids is 1. The van der Waals surface area contributed by atoms with Crippen molar-refractivity contribution in [3.63, 3.8) is 0 Å². The highest BCUT2D eigenvalue weighted by Crippen LogP contribution is 2.35. The average Bonchev–Trinajstić information content (AvgIpc) is 2.99. The van der Waals surface area contributed by atoms with Crippen LogP contribution in [0.4, 0.5) is 5.69 Å². The predicted molar refractivity (Wildman–Crippen MR) is 110 cm³/mol. The fourth-order valence-corrected chi connectivity index (χ4v) is 5.08. The summed E-state index contributed by atoms with van der Waals surface area (Å²) in [5.74, 6) is 0.362. The molecule has 0 spiro atoms. The molecule has 1 aromatic carbocycles. The molecular weight excluding hydrogens is 382 g/mol. The van der Waals surface area contributed by atoms with Gasteiger partial charge in [-0.15, -0.1) is 11.3 Å². The van der Waals surface area contributed by atoms with Gasteiger partial charge in [-0.05, 0) is 55.4 Å². The first kappa shape index (κ1) is 18.2. The van der Waals surface area contributed by atoms with Gasteiger partial charge in [0.1, 0.15) is 11.4 Å². The zero-order valence-corrected chi connectivity index (χ0v) is 16.8. The number of thiophene rings is 1. The second-order valence-corrected chi connectivity index (χ2v) is 8.66. The zero-order chi connectivity index (χ0) is 19.1. The second kappa shape index (κ2) is 7.09. The van der Waals surface area contributed by atoms with Gasteiger partial charge in [0, 0.05) is 15.6 Å². The highest BCUT2D eigenvalue weighted by molar-refractivity contribution is 7.18. The summed E-state index contributed by atoms with van der Waals surface area (Å²) in [5, 5.41) is 4.11. The second-order valence-electron chi connectivity index (χ2n) is 7.17. The number of anilines is 1. The minimum atomic E-state index is -0.277. The Kier molecular flexibility index (Phi) is 4.78. The number of nitrogens with one attached hydrogen (secondary N) is 1. The molecule has 4 rings (SSSR count). The van der Waals surface area contributed by atoms with Crippen molar-refractivity contribution in [3.8, 4) is 0 Å². The third kappa shape index (κ3) is 3.39. The Hall–Kier alpha value is -2.18. The number of benzene rings is 1. The molecule has 0 bridgehead atoms. The van der Waals surface area contributed by atoms with Gasteiger partial charge < -0.3 is 5.32 Å². The Morgan fingerprint density at radius 2 is 2.26 bits per heavy atom. The summed E-state index contributed by atoms with van der Waals surface area (Å²) >= 11 is 7.71. The first-order valence-corrected chi connectivity index (χ1v) is 10.2. The molecule has 2 heterocycles. The van der Waals surface area contributed by atoms with Crippen LogP contribution in [-0.2, 0) is 24.2 Å². The van der Waals surface area contributed by atoms with Crippen molar-refractivity contribution in [2.75, 3.05) is 5.32 Å². The average molecular weight is 402 g/mol. The highest BCUT2D eigenvalue weighted by Gasteiger charge is 2.23. The van der Waals surface area contributed by atoms with Crippen LogP contribution in [0, 0.1) is 12.8 Å². The Balaban J connectivity index is 1.62. The van der Waals surface area contributed by atoms with E-state index in [-0.39, 0.29) is 18.0 Å². The Morgan fingerprint density at radius 1 is 1.44 bits per heavy atom. The number of rotatable bonds is 3. The van der Waals surface area contributed by atoms with Crippen molar-refractivity contribution < 1.29 is 4.79 Å². The number of aromatic nitrogens is 2. The molecule has 1 atom stereocenters. The number of nitrogens with zero attached hydrogens (tertiary/aromatic N) is 2. The number of carbonyl (C=O) groups is 1. The minimum Gasteiger partial charge on any atom is -0.324 e. The van der Waals surface area contributed by atoms with Crippen LogP contribution in [-0.4, -0.2) is 15.5 Å². The monoisotopic (exact) mass is 401 g/mol. The minimum absolute atomic E-state index is 0.0747. The molecule has 0 unspecified atom stereocenters. The van der Waals surface area contributed by atoms with Crippen LogP contribution < -0.4 is 10.9 Å². The van der Waals surface area contributed by atoms with Gasteiger partial charge >= 0.3 is 0 Å². The van der Waals surface area contributed by atoms with E-state index >= 15 is 0 Å². The molecule has 5 nitrogen and oxygen atoms in total. The maximum atomic E-state index is 13.0. The van der Waals surface area contributed by atoms with E-state index in [2.05, 4.69) is 17.2 Å². The van der Waals surface area contributed by atoms with Crippen molar-refractivity contribution in [2.45, 2.75) is 39.7 Å². The SMILES string of the molecule is Cc1c(Cl)cccc1NC(=O)Cn1cnc2sc3c(c2c1=O)CC[C@H](C)C3. The topological polar surface area (TPSA) is 64.0 Å². The molecule has 0 radical (unpaired) electrons. The van der Waals surface area contributed by atoms with Crippen LogP contribution in [0.15, 0.2) is 29.3 Å². The molecule has 1 amide bonds. The molecule has 2 aromatic heterocycles. The number of amides is 1. The maximum absolute atomic E-state index is 13.0. The molecule has 0 saturated carbocycles.